The summed E-state index contributed by atoms with van der Waals surface area (Å²) in [5.74, 6) is 1.26. The minimum Gasteiger partial charge on any atom is -0.459 e. The van der Waals surface area contributed by atoms with Crippen LogP contribution in [0.5, 0.6) is 0 Å². The van der Waals surface area contributed by atoms with Gasteiger partial charge in [0.15, 0.2) is 12.0 Å². The van der Waals surface area contributed by atoms with Crippen molar-refractivity contribution in [2.75, 3.05) is 0 Å². The first-order chi connectivity index (χ1) is 6.81. The van der Waals surface area contributed by atoms with E-state index in [-0.39, 0.29) is 0 Å². The molecule has 2 aromatic rings. The average molecular weight is 187 g/mol. The van der Waals surface area contributed by atoms with E-state index in [4.69, 9.17) is 4.42 Å². The Kier molecular flexibility index (Phi) is 2.14. The summed E-state index contributed by atoms with van der Waals surface area (Å²) in [4.78, 5) is 14.7. The lowest BCUT2D eigenvalue weighted by atomic mass is 10.2. The maximum atomic E-state index is 10.6. The predicted molar refractivity (Wildman–Crippen MR) is 52.1 cm³/mol. The normalized spacial score (nSPS) is 10.1. The van der Waals surface area contributed by atoms with Crippen LogP contribution < -0.4 is 0 Å². The quantitative estimate of drug-likeness (QED) is 0.678. The Hall–Kier alpha value is -1.90. The van der Waals surface area contributed by atoms with Crippen molar-refractivity contribution >= 4 is 6.29 Å². The van der Waals surface area contributed by atoms with Gasteiger partial charge < -0.3 is 4.42 Å². The van der Waals surface area contributed by atoms with E-state index < -0.39 is 0 Å². The number of aromatic nitrogens is 1. The van der Waals surface area contributed by atoms with E-state index in [0.717, 1.165) is 12.0 Å². The van der Waals surface area contributed by atoms with Gasteiger partial charge in [-0.25, -0.2) is 0 Å². The fourth-order valence-corrected chi connectivity index (χ4v) is 1.25. The number of hydrogen-bond donors (Lipinski definition) is 0. The standard InChI is InChI=1S/C11H9NO2/c1-8-9(7-13)6-11(14-8)10-4-2-3-5-12-10/h2-7H,1H3. The lowest BCUT2D eigenvalue weighted by Crippen LogP contribution is -1.77. The van der Waals surface area contributed by atoms with Gasteiger partial charge in [0.05, 0.1) is 5.56 Å². The molecule has 14 heavy (non-hydrogen) atoms. The zero-order chi connectivity index (χ0) is 9.97. The van der Waals surface area contributed by atoms with Crippen molar-refractivity contribution in [1.29, 1.82) is 0 Å². The van der Waals surface area contributed by atoms with Gasteiger partial charge in [0.1, 0.15) is 11.5 Å². The van der Waals surface area contributed by atoms with Crippen LogP contribution in [-0.2, 0) is 0 Å². The second kappa shape index (κ2) is 3.46. The Labute approximate surface area is 81.4 Å². The summed E-state index contributed by atoms with van der Waals surface area (Å²) in [5.41, 5.74) is 1.31. The van der Waals surface area contributed by atoms with Crippen LogP contribution in [0.2, 0.25) is 0 Å². The second-order valence-electron chi connectivity index (χ2n) is 2.96. The van der Waals surface area contributed by atoms with Crippen molar-refractivity contribution in [2.45, 2.75) is 6.92 Å². The number of hydrogen-bond acceptors (Lipinski definition) is 3. The third-order valence-corrected chi connectivity index (χ3v) is 2.00. The number of pyridine rings is 1. The molecule has 0 radical (unpaired) electrons. The first-order valence-corrected chi connectivity index (χ1v) is 4.28. The summed E-state index contributed by atoms with van der Waals surface area (Å²) in [6.07, 6.45) is 2.47. The molecular weight excluding hydrogens is 178 g/mol. The number of furan rings is 1. The maximum Gasteiger partial charge on any atom is 0.153 e. The third kappa shape index (κ3) is 1.44. The van der Waals surface area contributed by atoms with Crippen LogP contribution in [0.15, 0.2) is 34.9 Å². The fourth-order valence-electron chi connectivity index (χ4n) is 1.25. The Morgan fingerprint density at radius 3 is 2.86 bits per heavy atom. The van der Waals surface area contributed by atoms with Crippen LogP contribution in [0.3, 0.4) is 0 Å². The summed E-state index contributed by atoms with van der Waals surface area (Å²) in [6, 6.07) is 7.25. The lowest BCUT2D eigenvalue weighted by molar-refractivity contribution is 0.112. The largest absolute Gasteiger partial charge is 0.459 e. The molecule has 0 N–H and O–H groups in total. The van der Waals surface area contributed by atoms with E-state index in [1.807, 2.05) is 18.2 Å². The highest BCUT2D eigenvalue weighted by Crippen LogP contribution is 2.22. The molecule has 0 fully saturated rings. The lowest BCUT2D eigenvalue weighted by Gasteiger charge is -1.92. The van der Waals surface area contributed by atoms with Crippen LogP contribution in [-0.4, -0.2) is 11.3 Å². The topological polar surface area (TPSA) is 43.1 Å². The SMILES string of the molecule is Cc1oc(-c2ccccn2)cc1C=O. The van der Waals surface area contributed by atoms with Crippen molar-refractivity contribution < 1.29 is 9.21 Å². The summed E-state index contributed by atoms with van der Waals surface area (Å²) in [5, 5.41) is 0. The maximum absolute atomic E-state index is 10.6. The Bertz CT molecular complexity index is 446. The highest BCUT2D eigenvalue weighted by Gasteiger charge is 2.08. The molecule has 0 saturated carbocycles. The van der Waals surface area contributed by atoms with Crippen molar-refractivity contribution in [3.63, 3.8) is 0 Å². The summed E-state index contributed by atoms with van der Waals surface area (Å²) < 4.78 is 5.40. The number of carbonyl (C=O) groups is 1. The highest BCUT2D eigenvalue weighted by molar-refractivity contribution is 5.78. The van der Waals surface area contributed by atoms with Gasteiger partial charge in [-0.3, -0.25) is 9.78 Å². The minimum absolute atomic E-state index is 0.575. The Morgan fingerprint density at radius 2 is 2.29 bits per heavy atom. The van der Waals surface area contributed by atoms with Crippen molar-refractivity contribution in [2.24, 2.45) is 0 Å². The summed E-state index contributed by atoms with van der Waals surface area (Å²) in [7, 11) is 0. The summed E-state index contributed by atoms with van der Waals surface area (Å²) in [6.45, 7) is 1.76. The Balaban J connectivity index is 2.48. The molecule has 0 bridgehead atoms. The van der Waals surface area contributed by atoms with Gasteiger partial charge in [0.25, 0.3) is 0 Å². The molecule has 0 atom stereocenters. The molecular formula is C11H9NO2. The van der Waals surface area contributed by atoms with Crippen molar-refractivity contribution in [1.82, 2.24) is 4.98 Å². The molecule has 0 unspecified atom stereocenters. The van der Waals surface area contributed by atoms with Crippen LogP contribution in [0.4, 0.5) is 0 Å². The monoisotopic (exact) mass is 187 g/mol. The molecule has 70 valence electrons. The van der Waals surface area contributed by atoms with Gasteiger partial charge >= 0.3 is 0 Å². The predicted octanol–water partition coefficient (Wildman–Crippen LogP) is 2.46. The van der Waals surface area contributed by atoms with Crippen LogP contribution in [0.25, 0.3) is 11.5 Å². The van der Waals surface area contributed by atoms with E-state index in [1.54, 1.807) is 19.2 Å². The first-order valence-electron chi connectivity index (χ1n) is 4.28. The van der Waals surface area contributed by atoms with E-state index in [1.165, 1.54) is 0 Å². The second-order valence-corrected chi connectivity index (χ2v) is 2.96. The van der Waals surface area contributed by atoms with Gasteiger partial charge in [-0.05, 0) is 25.1 Å². The highest BCUT2D eigenvalue weighted by atomic mass is 16.3. The summed E-state index contributed by atoms with van der Waals surface area (Å²) >= 11 is 0. The Morgan fingerprint density at radius 1 is 1.43 bits per heavy atom. The molecule has 0 spiro atoms. The van der Waals surface area contributed by atoms with Crippen molar-refractivity contribution in [3.05, 3.63) is 41.8 Å². The number of nitrogens with zero attached hydrogens (tertiary/aromatic N) is 1. The molecule has 0 aliphatic rings. The smallest absolute Gasteiger partial charge is 0.153 e. The van der Waals surface area contributed by atoms with Gasteiger partial charge in [-0.15, -0.1) is 0 Å². The van der Waals surface area contributed by atoms with E-state index >= 15 is 0 Å². The molecule has 2 heterocycles. The van der Waals surface area contributed by atoms with Gasteiger partial charge in [0.2, 0.25) is 0 Å². The molecule has 3 heteroatoms. The molecule has 3 nitrogen and oxygen atoms in total. The zero-order valence-electron chi connectivity index (χ0n) is 7.73. The molecule has 0 amide bonds. The molecule has 2 aromatic heterocycles. The molecule has 0 saturated heterocycles. The van der Waals surface area contributed by atoms with Crippen LogP contribution in [0, 0.1) is 6.92 Å². The molecule has 0 aromatic carbocycles. The molecule has 0 aliphatic carbocycles. The van der Waals surface area contributed by atoms with Crippen LogP contribution >= 0.6 is 0 Å². The van der Waals surface area contributed by atoms with E-state index in [2.05, 4.69) is 4.98 Å². The number of aryl methyl sites for hydroxylation is 1. The van der Waals surface area contributed by atoms with Crippen LogP contribution in [0.1, 0.15) is 16.1 Å². The van der Waals surface area contributed by atoms with Crippen molar-refractivity contribution in [3.8, 4) is 11.5 Å². The third-order valence-electron chi connectivity index (χ3n) is 2.00. The van der Waals surface area contributed by atoms with E-state index in [0.29, 0.717) is 17.1 Å². The average Bonchev–Trinajstić information content (AvgIpc) is 2.61. The van der Waals surface area contributed by atoms with Gasteiger partial charge in [-0.2, -0.15) is 0 Å². The van der Waals surface area contributed by atoms with Gasteiger partial charge in [-0.1, -0.05) is 6.07 Å². The van der Waals surface area contributed by atoms with E-state index in [9.17, 15) is 4.79 Å². The number of aldehydes is 1. The molecule has 0 aliphatic heterocycles. The van der Waals surface area contributed by atoms with Gasteiger partial charge in [0, 0.05) is 6.20 Å². The first kappa shape index (κ1) is 8.69. The fraction of sp³-hybridized carbons (Fsp3) is 0.0909. The zero-order valence-corrected chi connectivity index (χ0v) is 7.73. The number of carbonyl (C=O) groups excluding carboxylic acids is 1. The minimum atomic E-state index is 0.575. The molecule has 2 rings (SSSR count). The number of rotatable bonds is 2.